The number of carbonyl (C=O) groups is 1. The second-order valence-electron chi connectivity index (χ2n) is 4.51. The maximum Gasteiger partial charge on any atom is 0.289 e. The summed E-state index contributed by atoms with van der Waals surface area (Å²) in [4.78, 5) is 14.1. The first-order valence-electron chi connectivity index (χ1n) is 7.06. The summed E-state index contributed by atoms with van der Waals surface area (Å²) >= 11 is 1.07. The lowest BCUT2D eigenvalue weighted by Gasteiger charge is -2.19. The van der Waals surface area contributed by atoms with Gasteiger partial charge in [-0.3, -0.25) is 4.79 Å². The van der Waals surface area contributed by atoms with Crippen LogP contribution >= 0.6 is 11.8 Å². The lowest BCUT2D eigenvalue weighted by molar-refractivity contribution is 0.225. The summed E-state index contributed by atoms with van der Waals surface area (Å²) in [5.41, 5.74) is 0.842. The van der Waals surface area contributed by atoms with E-state index in [4.69, 9.17) is 0 Å². The molecule has 7 heteroatoms. The molecule has 0 saturated carbocycles. The van der Waals surface area contributed by atoms with Gasteiger partial charge in [0, 0.05) is 24.9 Å². The van der Waals surface area contributed by atoms with Crippen molar-refractivity contribution in [1.82, 2.24) is 25.1 Å². The SMILES string of the molecule is CCCCN(CC)C(=O)Sc1nnnn1-c1ccccc1. The molecule has 0 spiro atoms. The summed E-state index contributed by atoms with van der Waals surface area (Å²) in [5, 5.41) is 12.0. The number of amides is 1. The Morgan fingerprint density at radius 3 is 2.71 bits per heavy atom. The van der Waals surface area contributed by atoms with Gasteiger partial charge in [0.1, 0.15) is 0 Å². The van der Waals surface area contributed by atoms with Crippen LogP contribution in [0.15, 0.2) is 35.5 Å². The number of hydrogen-bond donors (Lipinski definition) is 0. The molecular formula is C14H19N5OS. The van der Waals surface area contributed by atoms with Gasteiger partial charge in [-0.1, -0.05) is 31.5 Å². The van der Waals surface area contributed by atoms with Gasteiger partial charge in [0.2, 0.25) is 5.16 Å². The van der Waals surface area contributed by atoms with Gasteiger partial charge in [-0.2, -0.15) is 4.68 Å². The van der Waals surface area contributed by atoms with Gasteiger partial charge < -0.3 is 4.90 Å². The molecule has 0 aliphatic rings. The fraction of sp³-hybridized carbons (Fsp3) is 0.429. The molecule has 0 aliphatic heterocycles. The van der Waals surface area contributed by atoms with E-state index in [9.17, 15) is 4.79 Å². The lowest BCUT2D eigenvalue weighted by atomic mass is 10.3. The number of para-hydroxylation sites is 1. The van der Waals surface area contributed by atoms with Crippen LogP contribution in [0.4, 0.5) is 4.79 Å². The minimum absolute atomic E-state index is 0.0158. The van der Waals surface area contributed by atoms with E-state index in [1.807, 2.05) is 42.2 Å². The van der Waals surface area contributed by atoms with Crippen molar-refractivity contribution in [2.24, 2.45) is 0 Å². The number of rotatable bonds is 6. The molecule has 1 aromatic heterocycles. The van der Waals surface area contributed by atoms with Crippen molar-refractivity contribution in [3.05, 3.63) is 30.3 Å². The molecule has 2 aromatic rings. The van der Waals surface area contributed by atoms with Gasteiger partial charge >= 0.3 is 0 Å². The molecule has 21 heavy (non-hydrogen) atoms. The van der Waals surface area contributed by atoms with E-state index in [1.54, 1.807) is 4.68 Å². The van der Waals surface area contributed by atoms with Crippen molar-refractivity contribution < 1.29 is 4.79 Å². The average molecular weight is 305 g/mol. The molecule has 0 fully saturated rings. The molecular weight excluding hydrogens is 286 g/mol. The van der Waals surface area contributed by atoms with Gasteiger partial charge in [-0.15, -0.1) is 5.10 Å². The fourth-order valence-corrected chi connectivity index (χ4v) is 2.66. The Kier molecular flexibility index (Phi) is 5.74. The molecule has 1 heterocycles. The predicted molar refractivity (Wildman–Crippen MR) is 82.6 cm³/mol. The molecule has 112 valence electrons. The number of thioether (sulfide) groups is 1. The second-order valence-corrected chi connectivity index (χ2v) is 5.43. The highest BCUT2D eigenvalue weighted by Gasteiger charge is 2.18. The lowest BCUT2D eigenvalue weighted by Crippen LogP contribution is -2.28. The van der Waals surface area contributed by atoms with Gasteiger partial charge in [-0.05, 0) is 35.9 Å². The third-order valence-corrected chi connectivity index (χ3v) is 3.91. The second kappa shape index (κ2) is 7.78. The van der Waals surface area contributed by atoms with Crippen LogP contribution < -0.4 is 0 Å². The largest absolute Gasteiger partial charge is 0.333 e. The van der Waals surface area contributed by atoms with Crippen molar-refractivity contribution in [3.63, 3.8) is 0 Å². The van der Waals surface area contributed by atoms with E-state index in [1.165, 1.54) is 0 Å². The standard InChI is InChI=1S/C14H19N5OS/c1-3-5-11-18(4-2)14(20)21-13-15-16-17-19(13)12-9-7-6-8-10-12/h6-10H,3-5,11H2,1-2H3. The Morgan fingerprint density at radius 2 is 2.05 bits per heavy atom. The number of tetrazole rings is 1. The van der Waals surface area contributed by atoms with E-state index in [0.717, 1.165) is 36.8 Å². The van der Waals surface area contributed by atoms with Crippen LogP contribution in [0, 0.1) is 0 Å². The Bertz CT molecular complexity index is 572. The highest BCUT2D eigenvalue weighted by atomic mass is 32.2. The number of unbranched alkanes of at least 4 members (excludes halogenated alkanes) is 1. The van der Waals surface area contributed by atoms with Crippen molar-refractivity contribution in [1.29, 1.82) is 0 Å². The Labute approximate surface area is 128 Å². The number of nitrogens with zero attached hydrogens (tertiary/aromatic N) is 5. The zero-order valence-corrected chi connectivity index (χ0v) is 13.1. The molecule has 0 saturated heterocycles. The summed E-state index contributed by atoms with van der Waals surface area (Å²) in [5.74, 6) is 0. The topological polar surface area (TPSA) is 63.9 Å². The van der Waals surface area contributed by atoms with Gasteiger partial charge in [0.15, 0.2) is 0 Å². The minimum atomic E-state index is -0.0158. The zero-order chi connectivity index (χ0) is 15.1. The molecule has 2 rings (SSSR count). The third-order valence-electron chi connectivity index (χ3n) is 3.04. The molecule has 0 aliphatic carbocycles. The first-order valence-corrected chi connectivity index (χ1v) is 7.88. The molecule has 0 bridgehead atoms. The summed E-state index contributed by atoms with van der Waals surface area (Å²) in [7, 11) is 0. The third kappa shape index (κ3) is 4.04. The van der Waals surface area contributed by atoms with E-state index in [2.05, 4.69) is 22.4 Å². The molecule has 0 N–H and O–H groups in total. The Balaban J connectivity index is 2.10. The van der Waals surface area contributed by atoms with Crippen LogP contribution in [-0.4, -0.2) is 43.4 Å². The number of carbonyl (C=O) groups excluding carboxylic acids is 1. The van der Waals surface area contributed by atoms with Crippen LogP contribution in [0.2, 0.25) is 0 Å². The maximum absolute atomic E-state index is 12.3. The van der Waals surface area contributed by atoms with Gasteiger partial charge in [0.05, 0.1) is 5.69 Å². The Morgan fingerprint density at radius 1 is 1.29 bits per heavy atom. The van der Waals surface area contributed by atoms with Crippen molar-refractivity contribution >= 4 is 17.0 Å². The maximum atomic E-state index is 12.3. The molecule has 6 nitrogen and oxygen atoms in total. The minimum Gasteiger partial charge on any atom is -0.333 e. The average Bonchev–Trinajstić information content (AvgIpc) is 2.97. The molecule has 1 aromatic carbocycles. The molecule has 1 amide bonds. The smallest absolute Gasteiger partial charge is 0.289 e. The summed E-state index contributed by atoms with van der Waals surface area (Å²) < 4.78 is 1.58. The van der Waals surface area contributed by atoms with Crippen LogP contribution in [0.1, 0.15) is 26.7 Å². The zero-order valence-electron chi connectivity index (χ0n) is 12.3. The molecule has 0 radical (unpaired) electrons. The van der Waals surface area contributed by atoms with Gasteiger partial charge in [0.25, 0.3) is 5.24 Å². The van der Waals surface area contributed by atoms with Crippen molar-refractivity contribution in [2.45, 2.75) is 31.8 Å². The summed E-state index contributed by atoms with van der Waals surface area (Å²) in [6.07, 6.45) is 2.07. The van der Waals surface area contributed by atoms with Crippen LogP contribution in [0.25, 0.3) is 5.69 Å². The van der Waals surface area contributed by atoms with Crippen molar-refractivity contribution in [2.75, 3.05) is 13.1 Å². The fourth-order valence-electron chi connectivity index (χ4n) is 1.84. The van der Waals surface area contributed by atoms with E-state index in [-0.39, 0.29) is 5.24 Å². The van der Waals surface area contributed by atoms with Crippen LogP contribution in [-0.2, 0) is 0 Å². The first-order chi connectivity index (χ1) is 10.3. The molecule has 0 unspecified atom stereocenters. The quantitative estimate of drug-likeness (QED) is 0.768. The van der Waals surface area contributed by atoms with Crippen molar-refractivity contribution in [3.8, 4) is 5.69 Å². The number of benzene rings is 1. The molecule has 0 atom stereocenters. The van der Waals surface area contributed by atoms with E-state index < -0.39 is 0 Å². The summed E-state index contributed by atoms with van der Waals surface area (Å²) in [6.45, 7) is 5.56. The monoisotopic (exact) mass is 305 g/mol. The van der Waals surface area contributed by atoms with Crippen LogP contribution in [0.3, 0.4) is 0 Å². The van der Waals surface area contributed by atoms with E-state index >= 15 is 0 Å². The predicted octanol–water partition coefficient (Wildman–Crippen LogP) is 3.00. The van der Waals surface area contributed by atoms with E-state index in [0.29, 0.717) is 11.7 Å². The van der Waals surface area contributed by atoms with Gasteiger partial charge in [-0.25, -0.2) is 0 Å². The Hall–Kier alpha value is -1.89. The normalized spacial score (nSPS) is 10.6. The summed E-state index contributed by atoms with van der Waals surface area (Å²) in [6, 6.07) is 9.55. The highest BCUT2D eigenvalue weighted by Crippen LogP contribution is 2.21. The number of aromatic nitrogens is 4. The number of hydrogen-bond acceptors (Lipinski definition) is 5. The first kappa shape index (κ1) is 15.5. The highest BCUT2D eigenvalue weighted by molar-refractivity contribution is 8.13. The van der Waals surface area contributed by atoms with Crippen LogP contribution in [0.5, 0.6) is 0 Å².